The van der Waals surface area contributed by atoms with Crippen LogP contribution in [0.1, 0.15) is 37.7 Å². The number of β-amino-alcohol motifs (C(OH)–C–C–N with tert-alkyl or cyclic N) is 1. The second kappa shape index (κ2) is 7.25. The Balaban J connectivity index is 1.55. The number of carbonyl (C=O) groups excluding carboxylic acids is 1. The summed E-state index contributed by atoms with van der Waals surface area (Å²) < 4.78 is 6.12. The Morgan fingerprint density at radius 1 is 1.18 bits per heavy atom. The van der Waals surface area contributed by atoms with Crippen LogP contribution in [0.2, 0.25) is 0 Å². The molecule has 22 heavy (non-hydrogen) atoms. The number of nitrogens with zero attached hydrogens (tertiary/aromatic N) is 1. The molecule has 1 N–H and O–H groups in total. The minimum Gasteiger partial charge on any atom is -0.391 e. The summed E-state index contributed by atoms with van der Waals surface area (Å²) in [6.45, 7) is 1.16. The van der Waals surface area contributed by atoms with Gasteiger partial charge in [0.1, 0.15) is 0 Å². The minimum atomic E-state index is -0.501. The Morgan fingerprint density at radius 3 is 2.68 bits per heavy atom. The van der Waals surface area contributed by atoms with Crippen LogP contribution >= 0.6 is 0 Å². The number of carbonyl (C=O) groups is 1. The third-order valence-electron chi connectivity index (χ3n) is 4.77. The summed E-state index contributed by atoms with van der Waals surface area (Å²) in [5.74, 6) is 0.0797. The van der Waals surface area contributed by atoms with Crippen LogP contribution in [0.3, 0.4) is 0 Å². The van der Waals surface area contributed by atoms with E-state index in [9.17, 15) is 9.90 Å². The molecule has 2 fully saturated rings. The van der Waals surface area contributed by atoms with Crippen LogP contribution in [0.15, 0.2) is 30.3 Å². The van der Waals surface area contributed by atoms with Crippen molar-refractivity contribution in [1.29, 1.82) is 0 Å². The molecule has 1 aliphatic heterocycles. The predicted molar refractivity (Wildman–Crippen MR) is 84.5 cm³/mol. The molecule has 120 valence electrons. The molecular formula is C18H25NO3. The predicted octanol–water partition coefficient (Wildman–Crippen LogP) is 2.15. The molecule has 1 saturated heterocycles. The number of aliphatic hydroxyl groups is 1. The Kier molecular flexibility index (Phi) is 5.11. The van der Waals surface area contributed by atoms with Crippen molar-refractivity contribution in [1.82, 2.24) is 4.90 Å². The summed E-state index contributed by atoms with van der Waals surface area (Å²) in [5, 5.41) is 9.71. The molecule has 3 rings (SSSR count). The highest BCUT2D eigenvalue weighted by molar-refractivity contribution is 5.79. The molecule has 1 aliphatic carbocycles. The Morgan fingerprint density at radius 2 is 1.95 bits per heavy atom. The summed E-state index contributed by atoms with van der Waals surface area (Å²) in [7, 11) is 0. The molecule has 0 aromatic heterocycles. The number of ether oxygens (including phenoxy) is 1. The van der Waals surface area contributed by atoms with Crippen LogP contribution in [0.25, 0.3) is 0 Å². The van der Waals surface area contributed by atoms with Gasteiger partial charge in [0, 0.05) is 6.54 Å². The molecule has 0 radical (unpaired) electrons. The number of aliphatic hydroxyl groups excluding tert-OH is 1. The largest absolute Gasteiger partial charge is 0.391 e. The van der Waals surface area contributed by atoms with Crippen LogP contribution in [0, 0.1) is 0 Å². The van der Waals surface area contributed by atoms with Gasteiger partial charge in [-0.2, -0.15) is 0 Å². The monoisotopic (exact) mass is 303 g/mol. The van der Waals surface area contributed by atoms with Crippen molar-refractivity contribution in [2.45, 2.75) is 56.8 Å². The van der Waals surface area contributed by atoms with E-state index in [1.807, 2.05) is 23.1 Å². The van der Waals surface area contributed by atoms with E-state index in [0.717, 1.165) is 32.1 Å². The molecule has 1 heterocycles. The van der Waals surface area contributed by atoms with E-state index in [0.29, 0.717) is 13.2 Å². The second-order valence-corrected chi connectivity index (χ2v) is 6.40. The molecule has 1 saturated carbocycles. The van der Waals surface area contributed by atoms with Gasteiger partial charge in [-0.3, -0.25) is 4.79 Å². The standard InChI is InChI=1S/C18H25NO3/c20-15-12-18(21)19(13-15)16-8-4-5-9-17(16)22-11-10-14-6-2-1-3-7-14/h1-3,6-7,15-17,20H,4-5,8-13H2/t15-,16+,17-/m1/s1. The van der Waals surface area contributed by atoms with Gasteiger partial charge in [0.25, 0.3) is 0 Å². The Hall–Kier alpha value is -1.39. The van der Waals surface area contributed by atoms with E-state index in [4.69, 9.17) is 4.74 Å². The lowest BCUT2D eigenvalue weighted by Gasteiger charge is -2.37. The summed E-state index contributed by atoms with van der Waals surface area (Å²) >= 11 is 0. The summed E-state index contributed by atoms with van der Waals surface area (Å²) in [6, 6.07) is 10.5. The average Bonchev–Trinajstić information content (AvgIpc) is 2.87. The highest BCUT2D eigenvalue weighted by atomic mass is 16.5. The summed E-state index contributed by atoms with van der Waals surface area (Å²) in [4.78, 5) is 13.9. The first-order chi connectivity index (χ1) is 10.7. The van der Waals surface area contributed by atoms with Gasteiger partial charge in [-0.25, -0.2) is 0 Å². The van der Waals surface area contributed by atoms with Crippen molar-refractivity contribution < 1.29 is 14.6 Å². The normalized spacial score (nSPS) is 29.0. The fourth-order valence-corrected chi connectivity index (χ4v) is 3.63. The number of hydrogen-bond acceptors (Lipinski definition) is 3. The molecule has 1 aromatic carbocycles. The van der Waals surface area contributed by atoms with Crippen molar-refractivity contribution in [3.05, 3.63) is 35.9 Å². The summed E-state index contributed by atoms with van der Waals surface area (Å²) in [6.07, 6.45) is 5.10. The minimum absolute atomic E-state index is 0.0797. The number of amides is 1. The van der Waals surface area contributed by atoms with Gasteiger partial charge >= 0.3 is 0 Å². The lowest BCUT2D eigenvalue weighted by molar-refractivity contribution is -0.134. The Bertz CT molecular complexity index is 490. The van der Waals surface area contributed by atoms with E-state index in [1.54, 1.807) is 0 Å². The summed E-state index contributed by atoms with van der Waals surface area (Å²) in [5.41, 5.74) is 1.28. The molecule has 4 heteroatoms. The number of hydrogen-bond donors (Lipinski definition) is 1. The SMILES string of the molecule is O=C1C[C@@H](O)CN1[C@H]1CCCC[C@H]1OCCc1ccccc1. The van der Waals surface area contributed by atoms with Gasteiger partial charge in [-0.05, 0) is 24.8 Å². The molecule has 2 aliphatic rings. The smallest absolute Gasteiger partial charge is 0.225 e. The highest BCUT2D eigenvalue weighted by Gasteiger charge is 2.38. The third kappa shape index (κ3) is 3.68. The van der Waals surface area contributed by atoms with E-state index < -0.39 is 6.10 Å². The first-order valence-corrected chi connectivity index (χ1v) is 8.37. The quantitative estimate of drug-likeness (QED) is 0.907. The van der Waals surface area contributed by atoms with Crippen LogP contribution in [0.4, 0.5) is 0 Å². The highest BCUT2D eigenvalue weighted by Crippen LogP contribution is 2.29. The molecular weight excluding hydrogens is 278 g/mol. The fraction of sp³-hybridized carbons (Fsp3) is 0.611. The second-order valence-electron chi connectivity index (χ2n) is 6.40. The van der Waals surface area contributed by atoms with E-state index in [-0.39, 0.29) is 24.5 Å². The molecule has 1 aromatic rings. The van der Waals surface area contributed by atoms with Crippen molar-refractivity contribution >= 4 is 5.91 Å². The molecule has 1 amide bonds. The molecule has 0 unspecified atom stereocenters. The first kappa shape index (κ1) is 15.5. The maximum absolute atomic E-state index is 12.0. The van der Waals surface area contributed by atoms with Gasteiger partial charge in [0.15, 0.2) is 0 Å². The third-order valence-corrected chi connectivity index (χ3v) is 4.77. The van der Waals surface area contributed by atoms with Gasteiger partial charge in [0.05, 0.1) is 31.3 Å². The lowest BCUT2D eigenvalue weighted by Crippen LogP contribution is -2.47. The lowest BCUT2D eigenvalue weighted by atomic mass is 9.91. The van der Waals surface area contributed by atoms with E-state index >= 15 is 0 Å². The van der Waals surface area contributed by atoms with Gasteiger partial charge in [0.2, 0.25) is 5.91 Å². The zero-order valence-corrected chi connectivity index (χ0v) is 13.0. The van der Waals surface area contributed by atoms with Gasteiger partial charge in [-0.15, -0.1) is 0 Å². The van der Waals surface area contributed by atoms with Crippen LogP contribution < -0.4 is 0 Å². The molecule has 0 spiro atoms. The molecule has 4 nitrogen and oxygen atoms in total. The van der Waals surface area contributed by atoms with Gasteiger partial charge in [-0.1, -0.05) is 43.2 Å². The average molecular weight is 303 g/mol. The van der Waals surface area contributed by atoms with Crippen molar-refractivity contribution in [2.24, 2.45) is 0 Å². The van der Waals surface area contributed by atoms with E-state index in [1.165, 1.54) is 5.56 Å². The number of benzene rings is 1. The zero-order valence-electron chi connectivity index (χ0n) is 13.0. The maximum atomic E-state index is 12.0. The number of rotatable bonds is 5. The van der Waals surface area contributed by atoms with Gasteiger partial charge < -0.3 is 14.7 Å². The van der Waals surface area contributed by atoms with Crippen LogP contribution in [0.5, 0.6) is 0 Å². The fourth-order valence-electron chi connectivity index (χ4n) is 3.63. The number of likely N-dealkylation sites (tertiary alicyclic amines) is 1. The van der Waals surface area contributed by atoms with Crippen molar-refractivity contribution in [3.8, 4) is 0 Å². The zero-order chi connectivity index (χ0) is 15.4. The Labute approximate surface area is 132 Å². The molecule has 0 bridgehead atoms. The topological polar surface area (TPSA) is 49.8 Å². The van der Waals surface area contributed by atoms with Crippen LogP contribution in [-0.2, 0) is 16.0 Å². The van der Waals surface area contributed by atoms with Crippen molar-refractivity contribution in [2.75, 3.05) is 13.2 Å². The molecule has 3 atom stereocenters. The van der Waals surface area contributed by atoms with Crippen molar-refractivity contribution in [3.63, 3.8) is 0 Å². The maximum Gasteiger partial charge on any atom is 0.225 e. The van der Waals surface area contributed by atoms with Crippen LogP contribution in [-0.4, -0.2) is 47.3 Å². The van der Waals surface area contributed by atoms with E-state index in [2.05, 4.69) is 12.1 Å². The first-order valence-electron chi connectivity index (χ1n) is 8.37.